The van der Waals surface area contributed by atoms with E-state index in [-0.39, 0.29) is 10.5 Å². The van der Waals surface area contributed by atoms with Crippen LogP contribution in [0, 0.1) is 12.7 Å². The number of benzene rings is 1. The molecule has 0 fully saturated rings. The molecule has 0 unspecified atom stereocenters. The first-order chi connectivity index (χ1) is 9.84. The molecule has 0 aliphatic carbocycles. The molecule has 120 valence electrons. The van der Waals surface area contributed by atoms with Crippen LogP contribution in [-0.2, 0) is 16.6 Å². The molecular formula is C15H25FN2O2S. The zero-order valence-corrected chi connectivity index (χ0v) is 14.1. The molecule has 0 heterocycles. The lowest BCUT2D eigenvalue weighted by Gasteiger charge is -2.19. The van der Waals surface area contributed by atoms with Crippen LogP contribution in [0.1, 0.15) is 37.3 Å². The Kier molecular flexibility index (Phi) is 6.77. The van der Waals surface area contributed by atoms with Crippen molar-refractivity contribution in [2.45, 2.75) is 44.6 Å². The molecule has 0 aliphatic rings. The van der Waals surface area contributed by atoms with Gasteiger partial charge in [-0.25, -0.2) is 17.1 Å². The molecule has 1 aromatic rings. The predicted octanol–water partition coefficient (Wildman–Crippen LogP) is 2.66. The van der Waals surface area contributed by atoms with E-state index in [1.165, 1.54) is 17.3 Å². The molecule has 0 saturated heterocycles. The molecule has 0 saturated carbocycles. The van der Waals surface area contributed by atoms with Crippen molar-refractivity contribution in [2.75, 3.05) is 20.6 Å². The van der Waals surface area contributed by atoms with Crippen molar-refractivity contribution in [3.63, 3.8) is 0 Å². The number of hydrogen-bond acceptors (Lipinski definition) is 3. The van der Waals surface area contributed by atoms with Crippen molar-refractivity contribution >= 4 is 10.0 Å². The second kappa shape index (κ2) is 7.87. The quantitative estimate of drug-likeness (QED) is 0.750. The van der Waals surface area contributed by atoms with Crippen LogP contribution in [0.2, 0.25) is 0 Å². The predicted molar refractivity (Wildman–Crippen MR) is 83.2 cm³/mol. The van der Waals surface area contributed by atoms with Crippen LogP contribution in [0.4, 0.5) is 4.39 Å². The minimum atomic E-state index is -3.65. The first-order valence-corrected chi connectivity index (χ1v) is 8.68. The summed E-state index contributed by atoms with van der Waals surface area (Å²) in [6, 6.07) is 2.93. The van der Waals surface area contributed by atoms with E-state index in [1.807, 2.05) is 0 Å². The number of halogens is 1. The maximum Gasteiger partial charge on any atom is 0.243 e. The Bertz CT molecular complexity index is 573. The summed E-state index contributed by atoms with van der Waals surface area (Å²) < 4.78 is 40.5. The number of nitrogens with zero attached hydrogens (tertiary/aromatic N) is 1. The Morgan fingerprint density at radius 2 is 1.95 bits per heavy atom. The molecule has 4 nitrogen and oxygen atoms in total. The molecule has 0 radical (unpaired) electrons. The summed E-state index contributed by atoms with van der Waals surface area (Å²) in [6.45, 7) is 4.45. The third kappa shape index (κ3) is 4.49. The first kappa shape index (κ1) is 18.1. The first-order valence-electron chi connectivity index (χ1n) is 7.24. The molecule has 0 aromatic heterocycles. The smallest absolute Gasteiger partial charge is 0.243 e. The summed E-state index contributed by atoms with van der Waals surface area (Å²) in [7, 11) is -0.360. The van der Waals surface area contributed by atoms with Gasteiger partial charge >= 0.3 is 0 Å². The lowest BCUT2D eigenvalue weighted by Crippen LogP contribution is -2.29. The lowest BCUT2D eigenvalue weighted by atomic mass is 10.1. The van der Waals surface area contributed by atoms with Crippen LogP contribution in [-0.4, -0.2) is 33.4 Å². The van der Waals surface area contributed by atoms with Crippen molar-refractivity contribution in [1.82, 2.24) is 9.62 Å². The van der Waals surface area contributed by atoms with Gasteiger partial charge in [0.2, 0.25) is 10.0 Å². The molecule has 0 aliphatic heterocycles. The molecule has 1 N–H and O–H groups in total. The maximum absolute atomic E-state index is 14.0. The number of nitrogens with one attached hydrogen (secondary N) is 1. The summed E-state index contributed by atoms with van der Waals surface area (Å²) in [4.78, 5) is 0.0618. The standard InChI is InChI=1S/C15H25FN2O2S/c1-5-6-7-8-18(4)21(19,20)15-10-13(11-17-3)9-14(16)12(15)2/h9-10,17H,5-8,11H2,1-4H3. The Morgan fingerprint density at radius 1 is 1.29 bits per heavy atom. The van der Waals surface area contributed by atoms with Gasteiger partial charge in [0.05, 0.1) is 4.90 Å². The average molecular weight is 316 g/mol. The van der Waals surface area contributed by atoms with Crippen LogP contribution >= 0.6 is 0 Å². The molecular weight excluding hydrogens is 291 g/mol. The fourth-order valence-corrected chi connectivity index (χ4v) is 3.64. The van der Waals surface area contributed by atoms with E-state index in [2.05, 4.69) is 12.2 Å². The highest BCUT2D eigenvalue weighted by Gasteiger charge is 2.24. The Morgan fingerprint density at radius 3 is 2.52 bits per heavy atom. The molecule has 21 heavy (non-hydrogen) atoms. The van der Waals surface area contributed by atoms with Crippen molar-refractivity contribution < 1.29 is 12.8 Å². The second-order valence-electron chi connectivity index (χ2n) is 5.26. The molecule has 0 bridgehead atoms. The van der Waals surface area contributed by atoms with Gasteiger partial charge in [-0.3, -0.25) is 0 Å². The third-order valence-corrected chi connectivity index (χ3v) is 5.49. The number of rotatable bonds is 8. The van der Waals surface area contributed by atoms with Crippen molar-refractivity contribution in [3.8, 4) is 0 Å². The fourth-order valence-electron chi connectivity index (χ4n) is 2.15. The Hall–Kier alpha value is -0.980. The summed E-state index contributed by atoms with van der Waals surface area (Å²) in [6.07, 6.45) is 2.82. The Balaban J connectivity index is 3.11. The minimum absolute atomic E-state index is 0.0618. The van der Waals surface area contributed by atoms with Crippen LogP contribution < -0.4 is 5.32 Å². The largest absolute Gasteiger partial charge is 0.316 e. The van der Waals surface area contributed by atoms with Crippen molar-refractivity contribution in [1.29, 1.82) is 0 Å². The summed E-state index contributed by atoms with van der Waals surface area (Å²) in [5, 5.41) is 2.91. The van der Waals surface area contributed by atoms with Gasteiger partial charge in [-0.05, 0) is 38.1 Å². The Labute approximate surface area is 127 Å². The van der Waals surface area contributed by atoms with Gasteiger partial charge < -0.3 is 5.32 Å². The van der Waals surface area contributed by atoms with Gasteiger partial charge in [0.15, 0.2) is 0 Å². The highest BCUT2D eigenvalue weighted by atomic mass is 32.2. The van der Waals surface area contributed by atoms with Crippen molar-refractivity contribution in [3.05, 3.63) is 29.1 Å². The van der Waals surface area contributed by atoms with Gasteiger partial charge in [-0.1, -0.05) is 19.8 Å². The van der Waals surface area contributed by atoms with Crippen LogP contribution in [0.3, 0.4) is 0 Å². The van der Waals surface area contributed by atoms with Crippen LogP contribution in [0.25, 0.3) is 0 Å². The molecule has 1 aromatic carbocycles. The SMILES string of the molecule is CCCCCN(C)S(=O)(=O)c1cc(CNC)cc(F)c1C. The topological polar surface area (TPSA) is 49.4 Å². The van der Waals surface area contributed by atoms with E-state index in [1.54, 1.807) is 20.2 Å². The fraction of sp³-hybridized carbons (Fsp3) is 0.600. The minimum Gasteiger partial charge on any atom is -0.316 e. The second-order valence-corrected chi connectivity index (χ2v) is 7.28. The molecule has 0 atom stereocenters. The molecule has 0 amide bonds. The number of hydrogen-bond donors (Lipinski definition) is 1. The average Bonchev–Trinajstić information content (AvgIpc) is 2.42. The van der Waals surface area contributed by atoms with Gasteiger partial charge in [0.25, 0.3) is 0 Å². The number of unbranched alkanes of at least 4 members (excludes halogenated alkanes) is 2. The lowest BCUT2D eigenvalue weighted by molar-refractivity contribution is 0.453. The zero-order valence-electron chi connectivity index (χ0n) is 13.2. The van der Waals surface area contributed by atoms with E-state index in [9.17, 15) is 12.8 Å². The van der Waals surface area contributed by atoms with Gasteiger partial charge in [-0.2, -0.15) is 0 Å². The van der Waals surface area contributed by atoms with Crippen LogP contribution in [0.5, 0.6) is 0 Å². The monoisotopic (exact) mass is 316 g/mol. The molecule has 1 rings (SSSR count). The van der Waals surface area contributed by atoms with E-state index >= 15 is 0 Å². The van der Waals surface area contributed by atoms with E-state index in [0.29, 0.717) is 18.7 Å². The van der Waals surface area contributed by atoms with Gasteiger partial charge in [0, 0.05) is 25.7 Å². The van der Waals surface area contributed by atoms with Crippen LogP contribution in [0.15, 0.2) is 17.0 Å². The molecule has 6 heteroatoms. The normalized spacial score (nSPS) is 12.1. The van der Waals surface area contributed by atoms with E-state index < -0.39 is 15.8 Å². The van der Waals surface area contributed by atoms with Crippen molar-refractivity contribution in [2.24, 2.45) is 0 Å². The summed E-state index contributed by atoms with van der Waals surface area (Å²) in [5.74, 6) is -0.483. The highest BCUT2D eigenvalue weighted by Crippen LogP contribution is 2.23. The van der Waals surface area contributed by atoms with Gasteiger partial charge in [-0.15, -0.1) is 0 Å². The van der Waals surface area contributed by atoms with Gasteiger partial charge in [0.1, 0.15) is 5.82 Å². The number of sulfonamides is 1. The van der Waals surface area contributed by atoms with E-state index in [4.69, 9.17) is 0 Å². The molecule has 0 spiro atoms. The summed E-state index contributed by atoms with van der Waals surface area (Å²) in [5.41, 5.74) is 0.804. The van der Waals surface area contributed by atoms with E-state index in [0.717, 1.165) is 19.3 Å². The zero-order chi connectivity index (χ0) is 16.0. The summed E-state index contributed by atoms with van der Waals surface area (Å²) >= 11 is 0. The highest BCUT2D eigenvalue weighted by molar-refractivity contribution is 7.89. The third-order valence-electron chi connectivity index (χ3n) is 3.50. The maximum atomic E-state index is 14.0.